The molecule has 1 heterocycles. The first-order chi connectivity index (χ1) is 12.0. The van der Waals surface area contributed by atoms with Gasteiger partial charge in [-0.05, 0) is 48.0 Å². The Morgan fingerprint density at radius 2 is 1.96 bits per heavy atom. The van der Waals surface area contributed by atoms with Gasteiger partial charge >= 0.3 is 6.09 Å². The van der Waals surface area contributed by atoms with Crippen LogP contribution in [0.1, 0.15) is 51.7 Å². The monoisotopic (exact) mass is 383 g/mol. The first-order valence-corrected chi connectivity index (χ1v) is 9.75. The van der Waals surface area contributed by atoms with Gasteiger partial charge in [0.2, 0.25) is 0 Å². The molecule has 0 aliphatic rings. The summed E-state index contributed by atoms with van der Waals surface area (Å²) in [6, 6.07) is 0. The van der Waals surface area contributed by atoms with Crippen LogP contribution in [-0.4, -0.2) is 48.3 Å². The van der Waals surface area contributed by atoms with Gasteiger partial charge in [0, 0.05) is 37.6 Å². The van der Waals surface area contributed by atoms with Crippen molar-refractivity contribution in [2.24, 2.45) is 4.99 Å². The Morgan fingerprint density at radius 3 is 2.50 bits per heavy atom. The van der Waals surface area contributed by atoms with Crippen LogP contribution in [0.25, 0.3) is 0 Å². The molecule has 1 aromatic rings. The molecule has 148 valence electrons. The quantitative estimate of drug-likeness (QED) is 0.383. The van der Waals surface area contributed by atoms with Gasteiger partial charge in [-0.25, -0.2) is 9.78 Å². The molecule has 1 amide bonds. The van der Waals surface area contributed by atoms with Gasteiger partial charge in [0.05, 0.1) is 10.5 Å². The summed E-state index contributed by atoms with van der Waals surface area (Å²) in [5, 5.41) is 12.6. The fraction of sp³-hybridized carbons (Fsp3) is 0.722. The van der Waals surface area contributed by atoms with Gasteiger partial charge in [0.25, 0.3) is 0 Å². The predicted molar refractivity (Wildman–Crippen MR) is 108 cm³/mol. The number of nitrogens with one attached hydrogen (secondary N) is 3. The van der Waals surface area contributed by atoms with Crippen LogP contribution in [0.15, 0.2) is 10.4 Å². The van der Waals surface area contributed by atoms with Crippen LogP contribution in [0.5, 0.6) is 0 Å². The van der Waals surface area contributed by atoms with E-state index in [9.17, 15) is 4.79 Å². The Balaban J connectivity index is 2.32. The topological polar surface area (TPSA) is 87.6 Å². The molecule has 0 radical (unpaired) electrons. The molecule has 1 rings (SSSR count). The van der Waals surface area contributed by atoms with Crippen molar-refractivity contribution in [1.82, 2.24) is 20.9 Å². The summed E-state index contributed by atoms with van der Waals surface area (Å²) in [6.45, 7) is 12.7. The molecule has 8 heteroatoms. The lowest BCUT2D eigenvalue weighted by Crippen LogP contribution is -2.54. The van der Waals surface area contributed by atoms with Crippen molar-refractivity contribution in [2.45, 2.75) is 65.5 Å². The van der Waals surface area contributed by atoms with Crippen LogP contribution < -0.4 is 16.0 Å². The second-order valence-electron chi connectivity index (χ2n) is 7.85. The lowest BCUT2D eigenvalue weighted by atomic mass is 10.1. The number of thiazole rings is 1. The molecule has 7 nitrogen and oxygen atoms in total. The van der Waals surface area contributed by atoms with Crippen molar-refractivity contribution >= 4 is 23.4 Å². The molecule has 1 aromatic heterocycles. The molecule has 0 bridgehead atoms. The van der Waals surface area contributed by atoms with Gasteiger partial charge in [0.15, 0.2) is 5.96 Å². The normalized spacial score (nSPS) is 12.7. The summed E-state index contributed by atoms with van der Waals surface area (Å²) in [5.74, 6) is 0.708. The van der Waals surface area contributed by atoms with E-state index in [1.165, 1.54) is 0 Å². The third-order valence-corrected chi connectivity index (χ3v) is 4.31. The Hall–Kier alpha value is -1.83. The SMILES string of the molecule is CN=C(NCCCc1nc(C)cs1)NCC(C)(C)NC(=O)OC(C)(C)C. The lowest BCUT2D eigenvalue weighted by Gasteiger charge is -2.29. The van der Waals surface area contributed by atoms with E-state index in [2.05, 4.69) is 31.3 Å². The van der Waals surface area contributed by atoms with E-state index in [-0.39, 0.29) is 0 Å². The zero-order chi connectivity index (χ0) is 19.8. The van der Waals surface area contributed by atoms with E-state index in [1.54, 1.807) is 18.4 Å². The number of carbonyl (C=O) groups excluding carboxylic acids is 1. The van der Waals surface area contributed by atoms with Gasteiger partial charge < -0.3 is 20.7 Å². The maximum absolute atomic E-state index is 11.9. The number of carbonyl (C=O) groups is 1. The maximum Gasteiger partial charge on any atom is 0.408 e. The number of aromatic nitrogens is 1. The van der Waals surface area contributed by atoms with Crippen molar-refractivity contribution in [3.63, 3.8) is 0 Å². The van der Waals surface area contributed by atoms with Crippen LogP contribution >= 0.6 is 11.3 Å². The van der Waals surface area contributed by atoms with Crippen molar-refractivity contribution in [1.29, 1.82) is 0 Å². The molecule has 0 saturated carbocycles. The van der Waals surface area contributed by atoms with Crippen LogP contribution in [-0.2, 0) is 11.2 Å². The second kappa shape index (κ2) is 9.75. The molecule has 0 saturated heterocycles. The highest BCUT2D eigenvalue weighted by atomic mass is 32.1. The number of aryl methyl sites for hydroxylation is 2. The Morgan fingerprint density at radius 1 is 1.27 bits per heavy atom. The Labute approximate surface area is 161 Å². The standard InChI is InChI=1S/C18H33N5O2S/c1-13-11-26-14(22-13)9-8-10-20-15(19-7)21-12-18(5,6)23-16(24)25-17(2,3)4/h11H,8-10,12H2,1-7H3,(H,23,24)(H2,19,20,21). The second-order valence-corrected chi connectivity index (χ2v) is 8.79. The molecule has 0 atom stereocenters. The molecule has 0 aliphatic carbocycles. The van der Waals surface area contributed by atoms with Crippen LogP contribution in [0, 0.1) is 6.92 Å². The number of amides is 1. The number of ether oxygens (including phenoxy) is 1. The number of hydrogen-bond donors (Lipinski definition) is 3. The minimum atomic E-state index is -0.513. The lowest BCUT2D eigenvalue weighted by molar-refractivity contribution is 0.0474. The van der Waals surface area contributed by atoms with Gasteiger partial charge in [-0.1, -0.05) is 0 Å². The Bertz CT molecular complexity index is 605. The fourth-order valence-electron chi connectivity index (χ4n) is 2.11. The van der Waals surface area contributed by atoms with Gasteiger partial charge in [-0.2, -0.15) is 0 Å². The van der Waals surface area contributed by atoms with E-state index in [4.69, 9.17) is 4.74 Å². The molecule has 0 fully saturated rings. The number of guanidine groups is 1. The molecular formula is C18H33N5O2S. The summed E-state index contributed by atoms with van der Waals surface area (Å²) in [5.41, 5.74) is 0.0923. The molecule has 0 unspecified atom stereocenters. The zero-order valence-electron chi connectivity index (χ0n) is 17.0. The smallest absolute Gasteiger partial charge is 0.408 e. The average molecular weight is 384 g/mol. The molecule has 26 heavy (non-hydrogen) atoms. The molecule has 0 aliphatic heterocycles. The molecular weight excluding hydrogens is 350 g/mol. The predicted octanol–water partition coefficient (Wildman–Crippen LogP) is 2.85. The van der Waals surface area contributed by atoms with Gasteiger partial charge in [0.1, 0.15) is 5.60 Å². The van der Waals surface area contributed by atoms with Crippen molar-refractivity contribution in [3.8, 4) is 0 Å². The van der Waals surface area contributed by atoms with E-state index < -0.39 is 17.2 Å². The number of alkyl carbamates (subject to hydrolysis) is 1. The number of rotatable bonds is 7. The highest BCUT2D eigenvalue weighted by molar-refractivity contribution is 7.09. The summed E-state index contributed by atoms with van der Waals surface area (Å²) in [6.07, 6.45) is 1.51. The summed E-state index contributed by atoms with van der Waals surface area (Å²) in [4.78, 5) is 20.6. The zero-order valence-corrected chi connectivity index (χ0v) is 17.8. The summed E-state index contributed by atoms with van der Waals surface area (Å²) >= 11 is 1.70. The van der Waals surface area contributed by atoms with Crippen LogP contribution in [0.4, 0.5) is 4.79 Å². The highest BCUT2D eigenvalue weighted by Crippen LogP contribution is 2.10. The van der Waals surface area contributed by atoms with E-state index >= 15 is 0 Å². The van der Waals surface area contributed by atoms with Gasteiger partial charge in [-0.15, -0.1) is 11.3 Å². The first-order valence-electron chi connectivity index (χ1n) is 8.87. The van der Waals surface area contributed by atoms with Crippen molar-refractivity contribution < 1.29 is 9.53 Å². The van der Waals surface area contributed by atoms with Crippen LogP contribution in [0.3, 0.4) is 0 Å². The third kappa shape index (κ3) is 9.60. The largest absolute Gasteiger partial charge is 0.444 e. The molecule has 0 spiro atoms. The van der Waals surface area contributed by atoms with Crippen LogP contribution in [0.2, 0.25) is 0 Å². The van der Waals surface area contributed by atoms with E-state index in [0.717, 1.165) is 30.1 Å². The number of nitrogens with zero attached hydrogens (tertiary/aromatic N) is 2. The summed E-state index contributed by atoms with van der Waals surface area (Å²) < 4.78 is 5.30. The fourth-order valence-corrected chi connectivity index (χ4v) is 2.93. The van der Waals surface area contributed by atoms with Gasteiger partial charge in [-0.3, -0.25) is 4.99 Å². The highest BCUT2D eigenvalue weighted by Gasteiger charge is 2.24. The van der Waals surface area contributed by atoms with Crippen molar-refractivity contribution in [3.05, 3.63) is 16.1 Å². The first kappa shape index (κ1) is 22.2. The third-order valence-electron chi connectivity index (χ3n) is 3.29. The molecule has 3 N–H and O–H groups in total. The molecule has 0 aromatic carbocycles. The average Bonchev–Trinajstić information content (AvgIpc) is 2.89. The van der Waals surface area contributed by atoms with E-state index in [0.29, 0.717) is 12.5 Å². The minimum absolute atomic E-state index is 0.425. The van der Waals surface area contributed by atoms with E-state index in [1.807, 2.05) is 41.5 Å². The Kier molecular flexibility index (Phi) is 8.33. The number of hydrogen-bond acceptors (Lipinski definition) is 5. The summed E-state index contributed by atoms with van der Waals surface area (Å²) in [7, 11) is 1.73. The minimum Gasteiger partial charge on any atom is -0.444 e. The maximum atomic E-state index is 11.9. The number of aliphatic imine (C=N–C) groups is 1. The van der Waals surface area contributed by atoms with Crippen molar-refractivity contribution in [2.75, 3.05) is 20.1 Å².